The molecule has 2 rings (SSSR count). The molecule has 2 amide bonds. The Bertz CT molecular complexity index is 632. The molecule has 0 atom stereocenters. The zero-order valence-corrected chi connectivity index (χ0v) is 15.9. The van der Waals surface area contributed by atoms with Crippen LogP contribution >= 0.6 is 23.2 Å². The molecule has 1 fully saturated rings. The predicted molar refractivity (Wildman–Crippen MR) is 99.1 cm³/mol. The average molecular weight is 388 g/mol. The lowest BCUT2D eigenvalue weighted by Gasteiger charge is -2.27. The molecule has 25 heavy (non-hydrogen) atoms. The molecule has 0 radical (unpaired) electrons. The summed E-state index contributed by atoms with van der Waals surface area (Å²) in [5, 5.41) is 6.27. The Balaban J connectivity index is 1.85. The fourth-order valence-corrected chi connectivity index (χ4v) is 2.64. The van der Waals surface area contributed by atoms with Gasteiger partial charge in [0.2, 0.25) is 11.8 Å². The first-order chi connectivity index (χ1) is 11.8. The largest absolute Gasteiger partial charge is 0.379 e. The van der Waals surface area contributed by atoms with Crippen molar-refractivity contribution in [3.63, 3.8) is 0 Å². The topological polar surface area (TPSA) is 70.7 Å². The van der Waals surface area contributed by atoms with Crippen LogP contribution in [-0.4, -0.2) is 56.1 Å². The number of rotatable bonds is 6. The number of carbonyl (C=O) groups is 2. The Kier molecular flexibility index (Phi) is 7.07. The van der Waals surface area contributed by atoms with Crippen molar-refractivity contribution in [3.8, 4) is 0 Å². The zero-order valence-electron chi connectivity index (χ0n) is 14.4. The highest BCUT2D eigenvalue weighted by Crippen LogP contribution is 2.26. The molecule has 1 saturated heterocycles. The summed E-state index contributed by atoms with van der Waals surface area (Å²) in [6.45, 7) is 7.54. The van der Waals surface area contributed by atoms with E-state index in [9.17, 15) is 9.59 Å². The number of hydrogen-bond acceptors (Lipinski definition) is 4. The summed E-state index contributed by atoms with van der Waals surface area (Å²) in [6.07, 6.45) is 0. The van der Waals surface area contributed by atoms with Gasteiger partial charge in [0.25, 0.3) is 0 Å². The third-order valence-corrected chi connectivity index (χ3v) is 4.87. The average Bonchev–Trinajstić information content (AvgIpc) is 2.59. The van der Waals surface area contributed by atoms with E-state index >= 15 is 0 Å². The number of halogens is 2. The van der Waals surface area contributed by atoms with E-state index in [1.54, 1.807) is 32.0 Å². The van der Waals surface area contributed by atoms with Gasteiger partial charge in [-0.2, -0.15) is 0 Å². The van der Waals surface area contributed by atoms with E-state index in [4.69, 9.17) is 27.9 Å². The summed E-state index contributed by atoms with van der Waals surface area (Å²) in [4.78, 5) is 27.1. The van der Waals surface area contributed by atoms with Crippen LogP contribution in [0.2, 0.25) is 10.0 Å². The van der Waals surface area contributed by atoms with E-state index < -0.39 is 11.3 Å². The van der Waals surface area contributed by atoms with Gasteiger partial charge in [-0.1, -0.05) is 23.2 Å². The van der Waals surface area contributed by atoms with Crippen LogP contribution in [-0.2, 0) is 14.3 Å². The maximum atomic E-state index is 12.5. The molecule has 8 heteroatoms. The summed E-state index contributed by atoms with van der Waals surface area (Å²) in [6, 6.07) is 4.78. The number of ether oxygens (including phenoxy) is 1. The molecule has 1 aliphatic heterocycles. The van der Waals surface area contributed by atoms with E-state index in [2.05, 4.69) is 15.5 Å². The van der Waals surface area contributed by atoms with E-state index in [0.29, 0.717) is 35.5 Å². The minimum Gasteiger partial charge on any atom is -0.379 e. The standard InChI is InChI=1S/C17H23Cl2N3O3/c1-17(2,15(23)20-5-6-22-7-9-25-10-8-22)16(24)21-12-3-4-13(18)14(19)11-12/h3-4,11H,5-10H2,1-2H3,(H,20,23)(H,21,24). The molecule has 0 aliphatic carbocycles. The third-order valence-electron chi connectivity index (χ3n) is 4.13. The van der Waals surface area contributed by atoms with Gasteiger partial charge in [0, 0.05) is 31.9 Å². The molecule has 2 N–H and O–H groups in total. The number of nitrogens with zero attached hydrogens (tertiary/aromatic N) is 1. The molecule has 0 unspecified atom stereocenters. The lowest BCUT2D eigenvalue weighted by molar-refractivity contribution is -0.138. The van der Waals surface area contributed by atoms with Gasteiger partial charge in [0.15, 0.2) is 0 Å². The molecule has 1 aliphatic rings. The van der Waals surface area contributed by atoms with Crippen molar-refractivity contribution in [1.29, 1.82) is 0 Å². The molecular weight excluding hydrogens is 365 g/mol. The predicted octanol–water partition coefficient (Wildman–Crippen LogP) is 2.41. The van der Waals surface area contributed by atoms with Crippen molar-refractivity contribution in [3.05, 3.63) is 28.2 Å². The molecule has 0 spiro atoms. The maximum absolute atomic E-state index is 12.5. The molecule has 1 aromatic carbocycles. The SMILES string of the molecule is CC(C)(C(=O)NCCN1CCOCC1)C(=O)Nc1ccc(Cl)c(Cl)c1. The minimum absolute atomic E-state index is 0.321. The van der Waals surface area contributed by atoms with Crippen molar-refractivity contribution in [2.24, 2.45) is 5.41 Å². The second kappa shape index (κ2) is 8.85. The van der Waals surface area contributed by atoms with Crippen LogP contribution in [0.15, 0.2) is 18.2 Å². The van der Waals surface area contributed by atoms with Crippen molar-refractivity contribution in [1.82, 2.24) is 10.2 Å². The summed E-state index contributed by atoms with van der Waals surface area (Å²) in [5.74, 6) is -0.729. The number of morpholine rings is 1. The highest BCUT2D eigenvalue weighted by atomic mass is 35.5. The molecule has 138 valence electrons. The van der Waals surface area contributed by atoms with Crippen LogP contribution in [0.4, 0.5) is 5.69 Å². The molecule has 1 aromatic rings. The number of nitrogens with one attached hydrogen (secondary N) is 2. The molecule has 1 heterocycles. The van der Waals surface area contributed by atoms with Crippen LogP contribution in [0.1, 0.15) is 13.8 Å². The van der Waals surface area contributed by atoms with Crippen LogP contribution in [0, 0.1) is 5.41 Å². The first-order valence-corrected chi connectivity index (χ1v) is 8.91. The van der Waals surface area contributed by atoms with E-state index in [1.807, 2.05) is 0 Å². The second-order valence-corrected chi connectivity index (χ2v) is 7.23. The highest BCUT2D eigenvalue weighted by Gasteiger charge is 2.36. The number of amides is 2. The smallest absolute Gasteiger partial charge is 0.239 e. The van der Waals surface area contributed by atoms with Gasteiger partial charge >= 0.3 is 0 Å². The second-order valence-electron chi connectivity index (χ2n) is 6.42. The Morgan fingerprint density at radius 3 is 2.48 bits per heavy atom. The first kappa shape index (κ1) is 20.0. The van der Waals surface area contributed by atoms with E-state index in [0.717, 1.165) is 19.6 Å². The Labute approximate surface area is 157 Å². The Morgan fingerprint density at radius 1 is 1.16 bits per heavy atom. The first-order valence-electron chi connectivity index (χ1n) is 8.15. The van der Waals surface area contributed by atoms with Crippen molar-refractivity contribution < 1.29 is 14.3 Å². The lowest BCUT2D eigenvalue weighted by Crippen LogP contribution is -2.48. The van der Waals surface area contributed by atoms with Gasteiger partial charge in [-0.05, 0) is 32.0 Å². The van der Waals surface area contributed by atoms with Gasteiger partial charge in [0.1, 0.15) is 5.41 Å². The summed E-state index contributed by atoms with van der Waals surface area (Å²) in [7, 11) is 0. The van der Waals surface area contributed by atoms with E-state index in [1.165, 1.54) is 0 Å². The quantitative estimate of drug-likeness (QED) is 0.735. The van der Waals surface area contributed by atoms with Crippen LogP contribution in [0.3, 0.4) is 0 Å². The summed E-state index contributed by atoms with van der Waals surface area (Å²) >= 11 is 11.8. The van der Waals surface area contributed by atoms with Gasteiger partial charge in [-0.15, -0.1) is 0 Å². The van der Waals surface area contributed by atoms with Crippen LogP contribution in [0.5, 0.6) is 0 Å². The van der Waals surface area contributed by atoms with Crippen molar-refractivity contribution >= 4 is 40.7 Å². The molecule has 0 saturated carbocycles. The number of carbonyl (C=O) groups excluding carboxylic acids is 2. The Hall–Kier alpha value is -1.34. The maximum Gasteiger partial charge on any atom is 0.239 e. The monoisotopic (exact) mass is 387 g/mol. The molecular formula is C17H23Cl2N3O3. The normalized spacial score (nSPS) is 15.7. The Morgan fingerprint density at radius 2 is 1.84 bits per heavy atom. The third kappa shape index (κ3) is 5.57. The van der Waals surface area contributed by atoms with Gasteiger partial charge in [-0.25, -0.2) is 0 Å². The fraction of sp³-hybridized carbons (Fsp3) is 0.529. The van der Waals surface area contributed by atoms with Gasteiger partial charge < -0.3 is 15.4 Å². The number of hydrogen-bond donors (Lipinski definition) is 2. The minimum atomic E-state index is -1.21. The zero-order chi connectivity index (χ0) is 18.4. The number of anilines is 1. The van der Waals surface area contributed by atoms with Crippen LogP contribution in [0.25, 0.3) is 0 Å². The van der Waals surface area contributed by atoms with Crippen molar-refractivity contribution in [2.45, 2.75) is 13.8 Å². The fourth-order valence-electron chi connectivity index (χ4n) is 2.34. The van der Waals surface area contributed by atoms with Gasteiger partial charge in [0.05, 0.1) is 23.3 Å². The highest BCUT2D eigenvalue weighted by molar-refractivity contribution is 6.42. The van der Waals surface area contributed by atoms with Crippen molar-refractivity contribution in [2.75, 3.05) is 44.7 Å². The van der Waals surface area contributed by atoms with Gasteiger partial charge in [-0.3, -0.25) is 14.5 Å². The summed E-state index contributed by atoms with van der Waals surface area (Å²) < 4.78 is 5.29. The lowest BCUT2D eigenvalue weighted by atomic mass is 9.91. The summed E-state index contributed by atoms with van der Waals surface area (Å²) in [5.41, 5.74) is -0.717. The number of benzene rings is 1. The molecule has 6 nitrogen and oxygen atoms in total. The van der Waals surface area contributed by atoms with Crippen LogP contribution < -0.4 is 10.6 Å². The molecule has 0 aromatic heterocycles. The molecule has 0 bridgehead atoms. The van der Waals surface area contributed by atoms with E-state index in [-0.39, 0.29) is 5.91 Å².